The molecule has 3 rings (SSSR count). The third-order valence-electron chi connectivity index (χ3n) is 5.63. The van der Waals surface area contributed by atoms with Gasteiger partial charge in [-0.3, -0.25) is 4.90 Å². The third kappa shape index (κ3) is 3.67. The first kappa shape index (κ1) is 15.1. The maximum atomic E-state index is 3.80. The Morgan fingerprint density at radius 2 is 1.71 bits per heavy atom. The molecule has 0 heterocycles. The molecule has 2 aliphatic rings. The molecule has 3 atom stereocenters. The Labute approximate surface area is 129 Å². The molecule has 2 aliphatic carbocycles. The van der Waals surface area contributed by atoms with Gasteiger partial charge in [0.1, 0.15) is 0 Å². The van der Waals surface area contributed by atoms with Gasteiger partial charge in [-0.05, 0) is 55.3 Å². The van der Waals surface area contributed by atoms with Crippen molar-refractivity contribution in [1.82, 2.24) is 10.2 Å². The molecule has 0 aliphatic heterocycles. The number of benzene rings is 1. The van der Waals surface area contributed by atoms with Crippen molar-refractivity contribution in [2.45, 2.75) is 58.7 Å². The zero-order valence-electron chi connectivity index (χ0n) is 13.6. The van der Waals surface area contributed by atoms with Gasteiger partial charge in [-0.1, -0.05) is 44.5 Å². The van der Waals surface area contributed by atoms with Gasteiger partial charge in [-0.15, -0.1) is 0 Å². The Kier molecular flexibility index (Phi) is 4.97. The Morgan fingerprint density at radius 3 is 2.29 bits per heavy atom. The molecule has 116 valence electrons. The summed E-state index contributed by atoms with van der Waals surface area (Å²) >= 11 is 0. The summed E-state index contributed by atoms with van der Waals surface area (Å²) in [4.78, 5) is 2.46. The zero-order valence-corrected chi connectivity index (χ0v) is 13.6. The molecular weight excluding hydrogens is 256 g/mol. The van der Waals surface area contributed by atoms with Crippen molar-refractivity contribution >= 4 is 0 Å². The van der Waals surface area contributed by atoms with Crippen molar-refractivity contribution in [3.05, 3.63) is 35.4 Å². The summed E-state index contributed by atoms with van der Waals surface area (Å²) in [6.07, 6.45) is 5.86. The van der Waals surface area contributed by atoms with E-state index in [9.17, 15) is 0 Å². The smallest absolute Gasteiger partial charge is 0.0233 e. The lowest BCUT2D eigenvalue weighted by Crippen LogP contribution is -2.33. The van der Waals surface area contributed by atoms with Crippen molar-refractivity contribution in [3.8, 4) is 0 Å². The summed E-state index contributed by atoms with van der Waals surface area (Å²) < 4.78 is 0. The summed E-state index contributed by atoms with van der Waals surface area (Å²) in [6.45, 7) is 8.84. The predicted octanol–water partition coefficient (Wildman–Crippen LogP) is 3.81. The minimum Gasteiger partial charge on any atom is -0.310 e. The Bertz CT molecular complexity index is 435. The van der Waals surface area contributed by atoms with E-state index >= 15 is 0 Å². The van der Waals surface area contributed by atoms with Crippen LogP contribution in [-0.2, 0) is 13.1 Å². The van der Waals surface area contributed by atoms with Gasteiger partial charge in [0.05, 0.1) is 0 Å². The first-order chi connectivity index (χ1) is 10.3. The molecular formula is C19H30N2. The molecule has 0 amide bonds. The van der Waals surface area contributed by atoms with Crippen molar-refractivity contribution < 1.29 is 0 Å². The molecule has 1 aromatic rings. The minimum atomic E-state index is 0.791. The molecule has 0 aromatic heterocycles. The monoisotopic (exact) mass is 286 g/mol. The largest absolute Gasteiger partial charge is 0.310 e. The SMILES string of the molecule is CCN(CC)Cc1ccc(CNC2CC3CCC2C3)cc1. The van der Waals surface area contributed by atoms with Crippen molar-refractivity contribution in [2.75, 3.05) is 13.1 Å². The molecule has 0 saturated heterocycles. The van der Waals surface area contributed by atoms with Gasteiger partial charge < -0.3 is 5.32 Å². The third-order valence-corrected chi connectivity index (χ3v) is 5.63. The van der Waals surface area contributed by atoms with Crippen LogP contribution >= 0.6 is 0 Å². The van der Waals surface area contributed by atoms with E-state index in [0.717, 1.165) is 44.1 Å². The second-order valence-corrected chi connectivity index (χ2v) is 6.94. The van der Waals surface area contributed by atoms with Crippen LogP contribution in [0.4, 0.5) is 0 Å². The van der Waals surface area contributed by atoms with Crippen LogP contribution in [0.5, 0.6) is 0 Å². The lowest BCUT2D eigenvalue weighted by Gasteiger charge is -2.23. The summed E-state index contributed by atoms with van der Waals surface area (Å²) in [7, 11) is 0. The summed E-state index contributed by atoms with van der Waals surface area (Å²) in [5.41, 5.74) is 2.86. The molecule has 2 saturated carbocycles. The molecule has 2 bridgehead atoms. The van der Waals surface area contributed by atoms with E-state index in [4.69, 9.17) is 0 Å². The Morgan fingerprint density at radius 1 is 1.00 bits per heavy atom. The highest BCUT2D eigenvalue weighted by molar-refractivity contribution is 5.22. The normalized spacial score (nSPS) is 27.7. The fraction of sp³-hybridized carbons (Fsp3) is 0.684. The van der Waals surface area contributed by atoms with Crippen LogP contribution in [0.2, 0.25) is 0 Å². The number of rotatable bonds is 7. The van der Waals surface area contributed by atoms with Crippen molar-refractivity contribution in [2.24, 2.45) is 11.8 Å². The lowest BCUT2D eigenvalue weighted by atomic mass is 9.95. The number of hydrogen-bond acceptors (Lipinski definition) is 2. The molecule has 3 unspecified atom stereocenters. The van der Waals surface area contributed by atoms with E-state index in [2.05, 4.69) is 48.3 Å². The average Bonchev–Trinajstić information content (AvgIpc) is 3.14. The number of nitrogens with one attached hydrogen (secondary N) is 1. The first-order valence-electron chi connectivity index (χ1n) is 8.82. The van der Waals surface area contributed by atoms with E-state index in [0.29, 0.717) is 0 Å². The predicted molar refractivity (Wildman–Crippen MR) is 89.1 cm³/mol. The molecule has 1 N–H and O–H groups in total. The van der Waals surface area contributed by atoms with Gasteiger partial charge in [0.2, 0.25) is 0 Å². The average molecular weight is 286 g/mol. The van der Waals surface area contributed by atoms with Gasteiger partial charge in [-0.25, -0.2) is 0 Å². The first-order valence-corrected chi connectivity index (χ1v) is 8.82. The van der Waals surface area contributed by atoms with E-state index in [1.54, 1.807) is 0 Å². The Balaban J connectivity index is 1.48. The van der Waals surface area contributed by atoms with Crippen LogP contribution in [0, 0.1) is 11.8 Å². The fourth-order valence-electron chi connectivity index (χ4n) is 4.21. The van der Waals surface area contributed by atoms with Crippen LogP contribution < -0.4 is 5.32 Å². The highest BCUT2D eigenvalue weighted by atomic mass is 15.1. The van der Waals surface area contributed by atoms with E-state index in [-0.39, 0.29) is 0 Å². The van der Waals surface area contributed by atoms with Gasteiger partial charge in [0, 0.05) is 19.1 Å². The van der Waals surface area contributed by atoms with E-state index < -0.39 is 0 Å². The van der Waals surface area contributed by atoms with Gasteiger partial charge >= 0.3 is 0 Å². The highest BCUT2D eigenvalue weighted by Gasteiger charge is 2.38. The second-order valence-electron chi connectivity index (χ2n) is 6.94. The van der Waals surface area contributed by atoms with Crippen LogP contribution in [-0.4, -0.2) is 24.0 Å². The number of nitrogens with zero attached hydrogens (tertiary/aromatic N) is 1. The Hall–Kier alpha value is -0.860. The molecule has 0 radical (unpaired) electrons. The quantitative estimate of drug-likeness (QED) is 0.820. The number of hydrogen-bond donors (Lipinski definition) is 1. The standard InChI is InChI=1S/C19H30N2/c1-3-21(4-2)14-16-7-5-15(6-8-16)13-20-19-12-17-9-10-18(19)11-17/h5-8,17-20H,3-4,9-14H2,1-2H3. The molecule has 2 fully saturated rings. The van der Waals surface area contributed by atoms with Gasteiger partial charge in [0.25, 0.3) is 0 Å². The maximum Gasteiger partial charge on any atom is 0.0233 e. The molecule has 0 spiro atoms. The van der Waals surface area contributed by atoms with Crippen LogP contribution in [0.3, 0.4) is 0 Å². The van der Waals surface area contributed by atoms with Crippen molar-refractivity contribution in [3.63, 3.8) is 0 Å². The topological polar surface area (TPSA) is 15.3 Å². The highest BCUT2D eigenvalue weighted by Crippen LogP contribution is 2.44. The molecule has 1 aromatic carbocycles. The fourth-order valence-corrected chi connectivity index (χ4v) is 4.21. The lowest BCUT2D eigenvalue weighted by molar-refractivity contribution is 0.296. The van der Waals surface area contributed by atoms with Crippen LogP contribution in [0.25, 0.3) is 0 Å². The molecule has 2 heteroatoms. The summed E-state index contributed by atoms with van der Waals surface area (Å²) in [6, 6.07) is 10.0. The maximum absolute atomic E-state index is 3.80. The van der Waals surface area contributed by atoms with Crippen molar-refractivity contribution in [1.29, 1.82) is 0 Å². The van der Waals surface area contributed by atoms with Crippen LogP contribution in [0.15, 0.2) is 24.3 Å². The summed E-state index contributed by atoms with van der Waals surface area (Å²) in [5.74, 6) is 2.00. The van der Waals surface area contributed by atoms with Gasteiger partial charge in [0.15, 0.2) is 0 Å². The van der Waals surface area contributed by atoms with Crippen LogP contribution in [0.1, 0.15) is 50.7 Å². The van der Waals surface area contributed by atoms with Gasteiger partial charge in [-0.2, -0.15) is 0 Å². The summed E-state index contributed by atoms with van der Waals surface area (Å²) in [5, 5.41) is 3.80. The number of fused-ring (bicyclic) bond motifs is 2. The molecule has 2 nitrogen and oxygen atoms in total. The van der Waals surface area contributed by atoms with E-state index in [1.165, 1.54) is 36.8 Å². The zero-order chi connectivity index (χ0) is 14.7. The minimum absolute atomic E-state index is 0.791. The van der Waals surface area contributed by atoms with E-state index in [1.807, 2.05) is 0 Å². The molecule has 21 heavy (non-hydrogen) atoms. The second kappa shape index (κ2) is 6.93.